The minimum atomic E-state index is -0.981. The Morgan fingerprint density at radius 2 is 0.800 bits per heavy atom. The molecule has 144 valence electrons. The van der Waals surface area contributed by atoms with Crippen molar-refractivity contribution in [3.8, 4) is 0 Å². The van der Waals surface area contributed by atoms with Crippen molar-refractivity contribution in [3.63, 3.8) is 0 Å². The monoisotopic (exact) mass is 364 g/mol. The summed E-state index contributed by atoms with van der Waals surface area (Å²) in [6, 6.07) is 0. The van der Waals surface area contributed by atoms with Crippen LogP contribution in [0, 0.1) is 0 Å². The number of aliphatic hydroxyl groups is 2. The molecule has 0 aliphatic rings. The van der Waals surface area contributed by atoms with Gasteiger partial charge in [-0.1, -0.05) is 26.3 Å². The molecule has 1 unspecified atom stereocenters. The third kappa shape index (κ3) is 160. The van der Waals surface area contributed by atoms with Crippen LogP contribution in [0.25, 0.3) is 0 Å². The molecule has 0 radical (unpaired) electrons. The molecule has 0 aliphatic heterocycles. The van der Waals surface area contributed by atoms with Crippen LogP contribution in [-0.4, -0.2) is 67.2 Å². The fraction of sp³-hybridized carbons (Fsp3) is 0.200. The molecular formula is C15H24O10. The van der Waals surface area contributed by atoms with Gasteiger partial charge in [-0.2, -0.15) is 0 Å². The maximum atomic E-state index is 9.25. The van der Waals surface area contributed by atoms with Crippen LogP contribution >= 0.6 is 0 Å². The van der Waals surface area contributed by atoms with Gasteiger partial charge in [0.25, 0.3) is 0 Å². The molecule has 25 heavy (non-hydrogen) atoms. The maximum Gasteiger partial charge on any atom is 0.327 e. The second-order valence-electron chi connectivity index (χ2n) is 3.20. The summed E-state index contributed by atoms with van der Waals surface area (Å²) in [4.78, 5) is 37.0. The Kier molecular flexibility index (Phi) is 38.5. The lowest BCUT2D eigenvalue weighted by Crippen LogP contribution is -2.03. The standard InChI is InChI=1S/C3H8O2.4C3H4O2/c1-3(5)2-4;4*1-2-3(4)5/h3-5H,2H2,1H3;4*2H,1H2,(H,4,5). The molecule has 0 spiro atoms. The smallest absolute Gasteiger partial charge is 0.327 e. The summed E-state index contributed by atoms with van der Waals surface area (Å²) in [6.07, 6.45) is 2.77. The predicted molar refractivity (Wildman–Crippen MR) is 90.1 cm³/mol. The van der Waals surface area contributed by atoms with Crippen LogP contribution in [0.4, 0.5) is 0 Å². The van der Waals surface area contributed by atoms with Crippen molar-refractivity contribution in [1.82, 2.24) is 0 Å². The quantitative estimate of drug-likeness (QED) is 0.372. The molecule has 0 rings (SSSR count). The van der Waals surface area contributed by atoms with Gasteiger partial charge in [0.15, 0.2) is 0 Å². The summed E-state index contributed by atoms with van der Waals surface area (Å²) in [7, 11) is 0. The first-order valence-corrected chi connectivity index (χ1v) is 6.06. The van der Waals surface area contributed by atoms with Crippen LogP contribution in [0.15, 0.2) is 50.6 Å². The average Bonchev–Trinajstić information content (AvgIpc) is 2.56. The zero-order valence-electron chi connectivity index (χ0n) is 13.7. The number of hydrogen-bond acceptors (Lipinski definition) is 6. The summed E-state index contributed by atoms with van der Waals surface area (Å²) in [5, 5.41) is 46.4. The van der Waals surface area contributed by atoms with E-state index in [0.29, 0.717) is 0 Å². The lowest BCUT2D eigenvalue weighted by atomic mass is 10.5. The molecule has 10 heteroatoms. The molecule has 0 aromatic rings. The first kappa shape index (κ1) is 33.4. The normalized spacial score (nSPS) is 8.12. The molecule has 0 amide bonds. The minimum absolute atomic E-state index is 0.139. The number of aliphatic carboxylic acids is 4. The van der Waals surface area contributed by atoms with Gasteiger partial charge in [-0.25, -0.2) is 19.2 Å². The number of carboxylic acid groups (broad SMARTS) is 4. The van der Waals surface area contributed by atoms with Crippen LogP contribution < -0.4 is 0 Å². The molecule has 0 aromatic heterocycles. The van der Waals surface area contributed by atoms with Gasteiger partial charge < -0.3 is 30.6 Å². The molecule has 0 fully saturated rings. The van der Waals surface area contributed by atoms with Crippen LogP contribution in [-0.2, 0) is 19.2 Å². The number of carbonyl (C=O) groups is 4. The van der Waals surface area contributed by atoms with Crippen molar-refractivity contribution in [2.24, 2.45) is 0 Å². The molecular weight excluding hydrogens is 340 g/mol. The average molecular weight is 364 g/mol. The van der Waals surface area contributed by atoms with Crippen molar-refractivity contribution in [2.45, 2.75) is 13.0 Å². The van der Waals surface area contributed by atoms with Gasteiger partial charge in [0.1, 0.15) is 0 Å². The van der Waals surface area contributed by atoms with Crippen LogP contribution in [0.1, 0.15) is 6.92 Å². The molecule has 0 saturated heterocycles. The van der Waals surface area contributed by atoms with Gasteiger partial charge in [0.2, 0.25) is 0 Å². The van der Waals surface area contributed by atoms with E-state index in [4.69, 9.17) is 30.6 Å². The zero-order chi connectivity index (χ0) is 21.4. The van der Waals surface area contributed by atoms with E-state index >= 15 is 0 Å². The molecule has 0 bridgehead atoms. The molecule has 6 N–H and O–H groups in total. The van der Waals surface area contributed by atoms with Crippen molar-refractivity contribution < 1.29 is 49.8 Å². The maximum absolute atomic E-state index is 9.25. The number of aliphatic hydroxyl groups excluding tert-OH is 2. The highest BCUT2D eigenvalue weighted by molar-refractivity contribution is 5.79. The Morgan fingerprint density at radius 3 is 0.800 bits per heavy atom. The first-order valence-electron chi connectivity index (χ1n) is 6.06. The summed E-state index contributed by atoms with van der Waals surface area (Å²) >= 11 is 0. The van der Waals surface area contributed by atoms with Gasteiger partial charge in [0.05, 0.1) is 12.7 Å². The highest BCUT2D eigenvalue weighted by atomic mass is 16.4. The number of carboxylic acids is 4. The largest absolute Gasteiger partial charge is 0.478 e. The Morgan fingerprint density at radius 1 is 0.720 bits per heavy atom. The van der Waals surface area contributed by atoms with Crippen LogP contribution in [0.3, 0.4) is 0 Å². The molecule has 10 nitrogen and oxygen atoms in total. The second kappa shape index (κ2) is 28.9. The summed E-state index contributed by atoms with van der Waals surface area (Å²) in [5.74, 6) is -3.93. The molecule has 0 saturated carbocycles. The van der Waals surface area contributed by atoms with Crippen molar-refractivity contribution >= 4 is 23.9 Å². The second-order valence-corrected chi connectivity index (χ2v) is 3.20. The van der Waals surface area contributed by atoms with E-state index < -0.39 is 30.0 Å². The van der Waals surface area contributed by atoms with E-state index in [1.165, 1.54) is 6.92 Å². The molecule has 0 aliphatic carbocycles. The number of rotatable bonds is 5. The third-order valence-electron chi connectivity index (χ3n) is 0.963. The summed E-state index contributed by atoms with van der Waals surface area (Å²) in [5.41, 5.74) is 0. The predicted octanol–water partition coefficient (Wildman–Crippen LogP) is 0.388. The minimum Gasteiger partial charge on any atom is -0.478 e. The zero-order valence-corrected chi connectivity index (χ0v) is 13.7. The van der Waals surface area contributed by atoms with Gasteiger partial charge >= 0.3 is 23.9 Å². The highest BCUT2D eigenvalue weighted by Gasteiger charge is 1.83. The summed E-state index contributed by atoms with van der Waals surface area (Å²) in [6.45, 7) is 13.2. The van der Waals surface area contributed by atoms with Crippen LogP contribution in [0.2, 0.25) is 0 Å². The Balaban J connectivity index is -0.0000000667. The van der Waals surface area contributed by atoms with E-state index in [1.807, 2.05) is 0 Å². The molecule has 1 atom stereocenters. The van der Waals surface area contributed by atoms with Crippen LogP contribution in [0.5, 0.6) is 0 Å². The van der Waals surface area contributed by atoms with Gasteiger partial charge in [-0.05, 0) is 6.92 Å². The Hall–Kier alpha value is -3.24. The van der Waals surface area contributed by atoms with Gasteiger partial charge in [-0.3, -0.25) is 0 Å². The summed E-state index contributed by atoms with van der Waals surface area (Å²) < 4.78 is 0. The van der Waals surface area contributed by atoms with E-state index in [2.05, 4.69) is 26.3 Å². The fourth-order valence-corrected chi connectivity index (χ4v) is 0. The Labute approximate surface area is 145 Å². The van der Waals surface area contributed by atoms with E-state index in [1.54, 1.807) is 0 Å². The lowest BCUT2D eigenvalue weighted by Gasteiger charge is -1.90. The van der Waals surface area contributed by atoms with Crippen molar-refractivity contribution in [2.75, 3.05) is 6.61 Å². The van der Waals surface area contributed by atoms with E-state index in [0.717, 1.165) is 24.3 Å². The third-order valence-corrected chi connectivity index (χ3v) is 0.963. The molecule has 0 aromatic carbocycles. The lowest BCUT2D eigenvalue weighted by molar-refractivity contribution is -0.132. The van der Waals surface area contributed by atoms with Crippen molar-refractivity contribution in [1.29, 1.82) is 0 Å². The fourth-order valence-electron chi connectivity index (χ4n) is 0. The molecule has 0 heterocycles. The highest BCUT2D eigenvalue weighted by Crippen LogP contribution is 1.68. The van der Waals surface area contributed by atoms with Crippen molar-refractivity contribution in [3.05, 3.63) is 50.6 Å². The number of hydrogen-bond donors (Lipinski definition) is 6. The first-order chi connectivity index (χ1) is 11.4. The van der Waals surface area contributed by atoms with E-state index in [-0.39, 0.29) is 6.61 Å². The Bertz CT molecular complexity index is 352. The van der Waals surface area contributed by atoms with E-state index in [9.17, 15) is 19.2 Å². The SMILES string of the molecule is C=CC(=O)O.C=CC(=O)O.C=CC(=O)O.C=CC(=O)O.CC(O)CO. The topological polar surface area (TPSA) is 190 Å². The van der Waals surface area contributed by atoms with Gasteiger partial charge in [-0.15, -0.1) is 0 Å². The van der Waals surface area contributed by atoms with Gasteiger partial charge in [0, 0.05) is 24.3 Å².